The molecular weight excluding hydrogens is 362 g/mol. The highest BCUT2D eigenvalue weighted by Gasteiger charge is 2.55. The third kappa shape index (κ3) is 3.54. The summed E-state index contributed by atoms with van der Waals surface area (Å²) in [5.41, 5.74) is 1.36. The van der Waals surface area contributed by atoms with E-state index in [9.17, 15) is 9.59 Å². The molecule has 5 nitrogen and oxygen atoms in total. The Kier molecular flexibility index (Phi) is 5.39. The molecular formula is C24H29N3O2. The van der Waals surface area contributed by atoms with Crippen LogP contribution in [0.15, 0.2) is 54.9 Å². The molecule has 1 aromatic carbocycles. The predicted octanol–water partition coefficient (Wildman–Crippen LogP) is 4.22. The Balaban J connectivity index is 1.82. The molecule has 5 heteroatoms. The highest BCUT2D eigenvalue weighted by atomic mass is 16.2. The van der Waals surface area contributed by atoms with Crippen LogP contribution in [0.25, 0.3) is 0 Å². The highest BCUT2D eigenvalue weighted by molar-refractivity contribution is 5.95. The molecule has 0 saturated carbocycles. The number of hydrogen-bond acceptors (Lipinski definition) is 3. The van der Waals surface area contributed by atoms with Crippen molar-refractivity contribution >= 4 is 11.8 Å². The second-order valence-corrected chi connectivity index (χ2v) is 8.48. The topological polar surface area (TPSA) is 53.5 Å². The van der Waals surface area contributed by atoms with Crippen molar-refractivity contribution in [2.24, 2.45) is 0 Å². The van der Waals surface area contributed by atoms with E-state index in [1.807, 2.05) is 34.1 Å². The van der Waals surface area contributed by atoms with Gasteiger partial charge in [0.2, 0.25) is 5.91 Å². The van der Waals surface area contributed by atoms with E-state index in [-0.39, 0.29) is 29.4 Å². The van der Waals surface area contributed by atoms with Gasteiger partial charge in [0.15, 0.2) is 0 Å². The fraction of sp³-hybridized carbons (Fsp3) is 0.458. The van der Waals surface area contributed by atoms with Crippen molar-refractivity contribution in [3.05, 3.63) is 66.0 Å². The molecule has 0 aliphatic carbocycles. The van der Waals surface area contributed by atoms with Gasteiger partial charge in [-0.1, -0.05) is 43.2 Å². The first kappa shape index (κ1) is 19.6. The molecule has 0 bridgehead atoms. The Morgan fingerprint density at radius 3 is 2.55 bits per heavy atom. The maximum absolute atomic E-state index is 13.7. The minimum atomic E-state index is -0.370. The summed E-state index contributed by atoms with van der Waals surface area (Å²) in [6, 6.07) is 13.8. The molecule has 2 aromatic rings. The molecule has 2 aliphatic heterocycles. The fourth-order valence-electron chi connectivity index (χ4n) is 5.31. The van der Waals surface area contributed by atoms with Crippen molar-refractivity contribution in [2.45, 2.75) is 63.6 Å². The molecule has 29 heavy (non-hydrogen) atoms. The van der Waals surface area contributed by atoms with Crippen LogP contribution in [0.5, 0.6) is 0 Å². The molecule has 0 N–H and O–H groups in total. The van der Waals surface area contributed by atoms with Gasteiger partial charge in [0.05, 0.1) is 23.2 Å². The number of fused-ring (bicyclic) bond motifs is 1. The number of carbonyl (C=O) groups is 2. The first-order valence-electron chi connectivity index (χ1n) is 10.6. The Morgan fingerprint density at radius 1 is 1.07 bits per heavy atom. The standard InChI is InChI=1S/C24H29N3O2/c1-18(28)26-15-8-4-7-13-22-24(26,2)16-21(19-10-5-3-6-11-19)27(22)23(29)20-12-9-14-25-17-20/h3,5-6,9-12,14,17,21-22H,4,7-8,13,15-16H2,1-2H3/t21-,22-,24-/m0/s1. The number of amides is 2. The van der Waals surface area contributed by atoms with E-state index >= 15 is 0 Å². The second kappa shape index (κ2) is 7.97. The molecule has 0 unspecified atom stereocenters. The summed E-state index contributed by atoms with van der Waals surface area (Å²) in [7, 11) is 0. The van der Waals surface area contributed by atoms with Crippen LogP contribution in [0, 0.1) is 0 Å². The lowest BCUT2D eigenvalue weighted by Gasteiger charge is -2.45. The average molecular weight is 392 g/mol. The van der Waals surface area contributed by atoms with Crippen molar-refractivity contribution < 1.29 is 9.59 Å². The molecule has 2 saturated heterocycles. The molecule has 152 valence electrons. The zero-order chi connectivity index (χ0) is 20.4. The van der Waals surface area contributed by atoms with Crippen LogP contribution in [0.2, 0.25) is 0 Å². The molecule has 2 fully saturated rings. The summed E-state index contributed by atoms with van der Waals surface area (Å²) in [6.45, 7) is 4.60. The van der Waals surface area contributed by atoms with Crippen LogP contribution >= 0.6 is 0 Å². The van der Waals surface area contributed by atoms with E-state index in [0.717, 1.165) is 44.2 Å². The third-order valence-corrected chi connectivity index (χ3v) is 6.68. The second-order valence-electron chi connectivity index (χ2n) is 8.48. The van der Waals surface area contributed by atoms with Crippen LogP contribution in [0.3, 0.4) is 0 Å². The Morgan fingerprint density at radius 2 is 1.86 bits per heavy atom. The van der Waals surface area contributed by atoms with Crippen molar-refractivity contribution in [1.29, 1.82) is 0 Å². The summed E-state index contributed by atoms with van der Waals surface area (Å²) >= 11 is 0. The predicted molar refractivity (Wildman–Crippen MR) is 112 cm³/mol. The molecule has 2 aliphatic rings. The van der Waals surface area contributed by atoms with Crippen LogP contribution in [-0.4, -0.2) is 44.7 Å². The van der Waals surface area contributed by atoms with E-state index in [4.69, 9.17) is 0 Å². The first-order chi connectivity index (χ1) is 14.0. The number of hydrogen-bond donors (Lipinski definition) is 0. The van der Waals surface area contributed by atoms with Gasteiger partial charge in [0, 0.05) is 25.9 Å². The summed E-state index contributed by atoms with van der Waals surface area (Å²) in [4.78, 5) is 34.5. The molecule has 3 heterocycles. The van der Waals surface area contributed by atoms with Crippen molar-refractivity contribution in [3.8, 4) is 0 Å². The fourth-order valence-corrected chi connectivity index (χ4v) is 5.31. The highest BCUT2D eigenvalue weighted by Crippen LogP contribution is 2.48. The summed E-state index contributed by atoms with van der Waals surface area (Å²) in [5.74, 6) is 0.103. The quantitative estimate of drug-likeness (QED) is 0.770. The number of rotatable bonds is 2. The minimum Gasteiger partial charge on any atom is -0.335 e. The molecule has 1 aromatic heterocycles. The van der Waals surface area contributed by atoms with Crippen molar-refractivity contribution in [1.82, 2.24) is 14.8 Å². The Labute approximate surface area is 172 Å². The Hall–Kier alpha value is -2.69. The van der Waals surface area contributed by atoms with Gasteiger partial charge in [-0.2, -0.15) is 0 Å². The maximum Gasteiger partial charge on any atom is 0.256 e. The molecule has 4 rings (SSSR count). The zero-order valence-electron chi connectivity index (χ0n) is 17.3. The monoisotopic (exact) mass is 391 g/mol. The number of aromatic nitrogens is 1. The van der Waals surface area contributed by atoms with Crippen LogP contribution in [0.4, 0.5) is 0 Å². The number of nitrogens with zero attached hydrogens (tertiary/aromatic N) is 3. The summed E-state index contributed by atoms with van der Waals surface area (Å²) in [6.07, 6.45) is 8.18. The van der Waals surface area contributed by atoms with E-state index in [1.54, 1.807) is 25.4 Å². The van der Waals surface area contributed by atoms with E-state index < -0.39 is 0 Å². The molecule has 3 atom stereocenters. The Bertz CT molecular complexity index is 870. The van der Waals surface area contributed by atoms with Gasteiger partial charge in [-0.3, -0.25) is 14.6 Å². The smallest absolute Gasteiger partial charge is 0.256 e. The van der Waals surface area contributed by atoms with Gasteiger partial charge in [0.1, 0.15) is 0 Å². The number of pyridine rings is 1. The van der Waals surface area contributed by atoms with Crippen LogP contribution in [0.1, 0.15) is 67.9 Å². The van der Waals surface area contributed by atoms with Crippen molar-refractivity contribution in [3.63, 3.8) is 0 Å². The van der Waals surface area contributed by atoms with Crippen LogP contribution < -0.4 is 0 Å². The SMILES string of the molecule is CC(=O)N1CCCCC[C@@H]2N(C(=O)c3cccnc3)[C@H](c3ccccc3)C[C@@]21C. The molecule has 0 radical (unpaired) electrons. The van der Waals surface area contributed by atoms with E-state index in [1.165, 1.54) is 0 Å². The summed E-state index contributed by atoms with van der Waals surface area (Å²) < 4.78 is 0. The van der Waals surface area contributed by atoms with Gasteiger partial charge in [-0.25, -0.2) is 0 Å². The largest absolute Gasteiger partial charge is 0.335 e. The number of likely N-dealkylation sites (tertiary alicyclic amines) is 2. The zero-order valence-corrected chi connectivity index (χ0v) is 17.3. The minimum absolute atomic E-state index is 0.00440. The summed E-state index contributed by atoms with van der Waals surface area (Å²) in [5, 5.41) is 0. The van der Waals surface area contributed by atoms with Gasteiger partial charge in [-0.05, 0) is 43.9 Å². The lowest BCUT2D eigenvalue weighted by atomic mass is 9.83. The maximum atomic E-state index is 13.7. The van der Waals surface area contributed by atoms with E-state index in [2.05, 4.69) is 24.0 Å². The third-order valence-electron chi connectivity index (χ3n) is 6.68. The van der Waals surface area contributed by atoms with Crippen LogP contribution in [-0.2, 0) is 4.79 Å². The lowest BCUT2D eigenvalue weighted by molar-refractivity contribution is -0.136. The molecule has 2 amide bonds. The average Bonchev–Trinajstić information content (AvgIpc) is 3.01. The van der Waals surface area contributed by atoms with E-state index in [0.29, 0.717) is 5.56 Å². The lowest BCUT2D eigenvalue weighted by Crippen LogP contribution is -2.58. The van der Waals surface area contributed by atoms with Gasteiger partial charge < -0.3 is 9.80 Å². The number of carbonyl (C=O) groups excluding carboxylic acids is 2. The van der Waals surface area contributed by atoms with Gasteiger partial charge >= 0.3 is 0 Å². The van der Waals surface area contributed by atoms with Gasteiger partial charge in [-0.15, -0.1) is 0 Å². The van der Waals surface area contributed by atoms with Crippen molar-refractivity contribution in [2.75, 3.05) is 6.54 Å². The van der Waals surface area contributed by atoms with Gasteiger partial charge in [0.25, 0.3) is 5.91 Å². The normalized spacial score (nSPS) is 27.1. The number of benzene rings is 1. The first-order valence-corrected chi connectivity index (χ1v) is 10.6. The molecule has 0 spiro atoms.